The number of hydrogen-bond donors (Lipinski definition) is 0. The van der Waals surface area contributed by atoms with Gasteiger partial charge in [-0.3, -0.25) is 4.79 Å². The van der Waals surface area contributed by atoms with Crippen molar-refractivity contribution >= 4 is 5.97 Å². The maximum Gasteiger partial charge on any atom is 0.306 e. The van der Waals surface area contributed by atoms with Crippen LogP contribution in [0, 0.1) is 56.7 Å². The molecule has 0 aliphatic heterocycles. The Balaban J connectivity index is 1.05. The van der Waals surface area contributed by atoms with E-state index < -0.39 is 0 Å². The molecule has 0 radical (unpaired) electrons. The topological polar surface area (TPSA) is 26.3 Å². The van der Waals surface area contributed by atoms with Crippen LogP contribution in [-0.4, -0.2) is 12.1 Å². The van der Waals surface area contributed by atoms with Gasteiger partial charge in [0.2, 0.25) is 0 Å². The Morgan fingerprint density at radius 3 is 2.08 bits per heavy atom. The molecule has 5 rings (SSSR count). The van der Waals surface area contributed by atoms with Gasteiger partial charge in [-0.25, -0.2) is 0 Å². The second-order valence-electron chi connectivity index (χ2n) is 20.3. The number of hydrogen-bond acceptors (Lipinski definition) is 2. The van der Waals surface area contributed by atoms with Crippen LogP contribution in [0.3, 0.4) is 0 Å². The first kappa shape index (κ1) is 40.9. The van der Waals surface area contributed by atoms with Crippen LogP contribution in [0.5, 0.6) is 0 Å². The van der Waals surface area contributed by atoms with E-state index in [4.69, 9.17) is 4.74 Å². The molecule has 2 nitrogen and oxygen atoms in total. The van der Waals surface area contributed by atoms with Gasteiger partial charge in [-0.15, -0.1) is 0 Å². The van der Waals surface area contributed by atoms with Crippen LogP contribution in [-0.2, 0) is 9.53 Å². The highest BCUT2D eigenvalue weighted by atomic mass is 16.5. The maximum atomic E-state index is 13.2. The van der Waals surface area contributed by atoms with Gasteiger partial charge < -0.3 is 4.74 Å². The molecule has 51 heavy (non-hydrogen) atoms. The minimum atomic E-state index is 0.0675. The third-order valence-electron chi connectivity index (χ3n) is 17.1. The molecule has 5 fully saturated rings. The largest absolute Gasteiger partial charge is 0.462 e. The van der Waals surface area contributed by atoms with Crippen LogP contribution in [0.1, 0.15) is 203 Å². The predicted octanol–water partition coefficient (Wildman–Crippen LogP) is 14.8. The van der Waals surface area contributed by atoms with Crippen molar-refractivity contribution in [2.75, 3.05) is 0 Å². The molecule has 2 spiro atoms. The first-order valence-corrected chi connectivity index (χ1v) is 22.5. The highest BCUT2D eigenvalue weighted by Gasteiger charge is 2.82. The molecule has 0 N–H and O–H groups in total. The average Bonchev–Trinajstić information content (AvgIpc) is 3.67. The lowest BCUT2D eigenvalue weighted by molar-refractivity contribution is -0.183. The Bertz CT molecular complexity index is 1220. The SMILES string of the molecule is C=C(CCC(C)C1CCC2(C)C3CCC4C(C)(C)C(OC(=O)CCCCCCCC=CCC=CCCCCC)CCC45CC35CCC12C)C(C)C. The van der Waals surface area contributed by atoms with Gasteiger partial charge in [0.1, 0.15) is 6.10 Å². The van der Waals surface area contributed by atoms with Crippen LogP contribution in [0.25, 0.3) is 0 Å². The number of fused-ring (bicyclic) bond motifs is 2. The predicted molar refractivity (Wildman–Crippen MR) is 218 cm³/mol. The van der Waals surface area contributed by atoms with E-state index in [-0.39, 0.29) is 17.5 Å². The Kier molecular flexibility index (Phi) is 13.6. The van der Waals surface area contributed by atoms with Crippen molar-refractivity contribution in [3.8, 4) is 0 Å². The summed E-state index contributed by atoms with van der Waals surface area (Å²) in [5.74, 6) is 3.91. The summed E-state index contributed by atoms with van der Waals surface area (Å²) in [6.45, 7) is 24.3. The number of rotatable bonds is 20. The maximum absolute atomic E-state index is 13.2. The van der Waals surface area contributed by atoms with Crippen molar-refractivity contribution in [2.24, 2.45) is 56.7 Å². The molecular formula is C49H82O2. The fraction of sp³-hybridized carbons (Fsp3) is 0.857. The third kappa shape index (κ3) is 8.07. The summed E-state index contributed by atoms with van der Waals surface area (Å²) < 4.78 is 6.41. The lowest BCUT2D eigenvalue weighted by Crippen LogP contribution is -2.58. The third-order valence-corrected chi connectivity index (χ3v) is 17.1. The van der Waals surface area contributed by atoms with E-state index in [1.54, 1.807) is 0 Å². The first-order chi connectivity index (χ1) is 24.3. The van der Waals surface area contributed by atoms with Gasteiger partial charge in [0.25, 0.3) is 0 Å². The van der Waals surface area contributed by atoms with E-state index in [9.17, 15) is 4.79 Å². The molecule has 9 unspecified atom stereocenters. The zero-order valence-electron chi connectivity index (χ0n) is 35.1. The summed E-state index contributed by atoms with van der Waals surface area (Å²) in [6.07, 6.45) is 38.2. The Morgan fingerprint density at radius 1 is 0.725 bits per heavy atom. The zero-order chi connectivity index (χ0) is 36.9. The number of ether oxygens (including phenoxy) is 1. The fourth-order valence-corrected chi connectivity index (χ4v) is 13.7. The quantitative estimate of drug-likeness (QED) is 0.0717. The number of carbonyl (C=O) groups excluding carboxylic acids is 1. The molecule has 2 heteroatoms. The second kappa shape index (κ2) is 17.0. The molecule has 0 heterocycles. The molecule has 5 aliphatic carbocycles. The molecule has 0 aromatic heterocycles. The van der Waals surface area contributed by atoms with Crippen molar-refractivity contribution in [3.05, 3.63) is 36.5 Å². The average molecular weight is 703 g/mol. The molecule has 9 atom stereocenters. The molecule has 290 valence electrons. The highest BCUT2D eigenvalue weighted by molar-refractivity contribution is 5.69. The normalized spacial score (nSPS) is 37.2. The molecule has 0 amide bonds. The van der Waals surface area contributed by atoms with Crippen LogP contribution < -0.4 is 0 Å². The molecular weight excluding hydrogens is 621 g/mol. The van der Waals surface area contributed by atoms with Gasteiger partial charge >= 0.3 is 5.97 Å². The van der Waals surface area contributed by atoms with E-state index in [1.807, 2.05) is 0 Å². The number of esters is 1. The molecule has 5 aliphatic rings. The molecule has 0 saturated heterocycles. The van der Waals surface area contributed by atoms with Gasteiger partial charge in [-0.1, -0.05) is 124 Å². The van der Waals surface area contributed by atoms with Crippen molar-refractivity contribution in [3.63, 3.8) is 0 Å². The summed E-state index contributed by atoms with van der Waals surface area (Å²) in [5, 5.41) is 0. The van der Waals surface area contributed by atoms with Gasteiger partial charge in [0.15, 0.2) is 0 Å². The van der Waals surface area contributed by atoms with Gasteiger partial charge in [-0.2, -0.15) is 0 Å². The van der Waals surface area contributed by atoms with Crippen molar-refractivity contribution in [1.82, 2.24) is 0 Å². The molecule has 5 saturated carbocycles. The number of carbonyl (C=O) groups is 1. The second-order valence-corrected chi connectivity index (χ2v) is 20.3. The lowest BCUT2D eigenvalue weighted by atomic mass is 9.41. The minimum absolute atomic E-state index is 0.0675. The van der Waals surface area contributed by atoms with Crippen molar-refractivity contribution in [2.45, 2.75) is 209 Å². The van der Waals surface area contributed by atoms with Gasteiger partial charge in [-0.05, 0) is 160 Å². The van der Waals surface area contributed by atoms with E-state index in [1.165, 1.54) is 121 Å². The number of unbranched alkanes of at least 4 members (excludes halogenated alkanes) is 8. The Labute approximate surface area is 316 Å². The summed E-state index contributed by atoms with van der Waals surface area (Å²) in [6, 6.07) is 0. The molecule has 0 aromatic carbocycles. The van der Waals surface area contributed by atoms with E-state index >= 15 is 0 Å². The molecule has 0 bridgehead atoms. The van der Waals surface area contributed by atoms with Gasteiger partial charge in [0.05, 0.1) is 0 Å². The smallest absolute Gasteiger partial charge is 0.306 e. The van der Waals surface area contributed by atoms with Crippen LogP contribution >= 0.6 is 0 Å². The summed E-state index contributed by atoms with van der Waals surface area (Å²) in [7, 11) is 0. The minimum Gasteiger partial charge on any atom is -0.462 e. The van der Waals surface area contributed by atoms with Crippen LogP contribution in [0.4, 0.5) is 0 Å². The highest BCUT2D eigenvalue weighted by Crippen LogP contribution is 2.89. The fourth-order valence-electron chi connectivity index (χ4n) is 13.7. The van der Waals surface area contributed by atoms with E-state index in [0.717, 1.165) is 43.4 Å². The van der Waals surface area contributed by atoms with Gasteiger partial charge in [0, 0.05) is 11.8 Å². The lowest BCUT2D eigenvalue weighted by Gasteiger charge is -2.63. The molecule has 0 aromatic rings. The Morgan fingerprint density at radius 2 is 1.37 bits per heavy atom. The number of allylic oxidation sites excluding steroid dienone is 5. The monoisotopic (exact) mass is 703 g/mol. The summed E-state index contributed by atoms with van der Waals surface area (Å²) in [5.41, 5.74) is 3.53. The zero-order valence-corrected chi connectivity index (χ0v) is 35.1. The van der Waals surface area contributed by atoms with E-state index in [0.29, 0.717) is 39.9 Å². The standard InChI is InChI=1S/C49H82O2/c1-10-11-12-13-14-15-16-17-18-19-20-21-22-23-24-25-44(50)51-43-31-33-48-36-49(48)35-34-46(8)40(39(5)27-26-38(4)37(2)3)30-32-47(46,9)42(49)29-28-41(48)45(43,6)7/h14-15,17-18,37,39-43H,4,10-13,16,19-36H2,1-3,5-9H3. The summed E-state index contributed by atoms with van der Waals surface area (Å²) >= 11 is 0. The first-order valence-electron chi connectivity index (χ1n) is 22.5. The van der Waals surface area contributed by atoms with Crippen LogP contribution in [0.15, 0.2) is 36.5 Å². The Hall–Kier alpha value is -1.31. The van der Waals surface area contributed by atoms with Crippen LogP contribution in [0.2, 0.25) is 0 Å². The summed E-state index contributed by atoms with van der Waals surface area (Å²) in [4.78, 5) is 13.2. The van der Waals surface area contributed by atoms with Crippen molar-refractivity contribution < 1.29 is 9.53 Å². The van der Waals surface area contributed by atoms with E-state index in [2.05, 4.69) is 86.3 Å². The van der Waals surface area contributed by atoms with Crippen molar-refractivity contribution in [1.29, 1.82) is 0 Å².